The molecular weight excluding hydrogens is 344 g/mol. The molecule has 5 rings (SSSR count). The van der Waals surface area contributed by atoms with Crippen molar-refractivity contribution in [3.63, 3.8) is 0 Å². The molecule has 2 aliphatic rings. The Kier molecular flexibility index (Phi) is 4.28. The van der Waals surface area contributed by atoms with Gasteiger partial charge in [0.1, 0.15) is 5.69 Å². The van der Waals surface area contributed by atoms with E-state index in [0.717, 1.165) is 42.5 Å². The monoisotopic (exact) mass is 366 g/mol. The Morgan fingerprint density at radius 1 is 1.00 bits per heavy atom. The van der Waals surface area contributed by atoms with Crippen molar-refractivity contribution in [1.29, 1.82) is 0 Å². The molecule has 2 aliphatic carbocycles. The largest absolute Gasteiger partial charge is 0.347 e. The molecule has 3 nitrogen and oxygen atoms in total. The highest BCUT2D eigenvalue weighted by Crippen LogP contribution is 2.31. The van der Waals surface area contributed by atoms with Crippen molar-refractivity contribution in [1.82, 2.24) is 10.3 Å². The van der Waals surface area contributed by atoms with E-state index in [2.05, 4.69) is 47.8 Å². The Morgan fingerprint density at radius 3 is 2.79 bits per heavy atom. The minimum absolute atomic E-state index is 0.108. The summed E-state index contributed by atoms with van der Waals surface area (Å²) in [5.41, 5.74) is 8.85. The number of rotatable bonds is 4. The zero-order valence-corrected chi connectivity index (χ0v) is 15.7. The topological polar surface area (TPSA) is 42.0 Å². The third-order valence-electron chi connectivity index (χ3n) is 5.67. The third kappa shape index (κ3) is 3.13. The molecule has 0 aliphatic heterocycles. The van der Waals surface area contributed by atoms with E-state index in [1.807, 2.05) is 24.3 Å². The first-order valence-corrected chi connectivity index (χ1v) is 9.93. The lowest BCUT2D eigenvalue weighted by Gasteiger charge is -2.12. The minimum atomic E-state index is -0.108. The third-order valence-corrected chi connectivity index (χ3v) is 5.67. The van der Waals surface area contributed by atoms with Gasteiger partial charge in [-0.25, -0.2) is 4.98 Å². The number of pyridine rings is 1. The Balaban J connectivity index is 1.40. The van der Waals surface area contributed by atoms with E-state index in [1.165, 1.54) is 22.3 Å². The van der Waals surface area contributed by atoms with Gasteiger partial charge in [0.25, 0.3) is 5.91 Å². The lowest BCUT2D eigenvalue weighted by molar-refractivity contribution is 0.0946. The van der Waals surface area contributed by atoms with E-state index in [1.54, 1.807) is 0 Å². The maximum atomic E-state index is 12.8. The van der Waals surface area contributed by atoms with Crippen molar-refractivity contribution >= 4 is 12.0 Å². The van der Waals surface area contributed by atoms with Gasteiger partial charge >= 0.3 is 0 Å². The number of hydrogen-bond donors (Lipinski definition) is 1. The maximum Gasteiger partial charge on any atom is 0.270 e. The normalized spacial score (nSPS) is 14.0. The maximum absolute atomic E-state index is 12.8. The second-order valence-electron chi connectivity index (χ2n) is 7.54. The molecule has 0 spiro atoms. The molecule has 0 bridgehead atoms. The van der Waals surface area contributed by atoms with E-state index in [9.17, 15) is 4.79 Å². The van der Waals surface area contributed by atoms with Gasteiger partial charge in [0.05, 0.1) is 5.69 Å². The van der Waals surface area contributed by atoms with Crippen LogP contribution < -0.4 is 5.32 Å². The molecule has 28 heavy (non-hydrogen) atoms. The van der Waals surface area contributed by atoms with Crippen LogP contribution in [0.25, 0.3) is 17.3 Å². The van der Waals surface area contributed by atoms with E-state index in [0.29, 0.717) is 12.2 Å². The molecular formula is C25H22N2O. The van der Waals surface area contributed by atoms with Crippen LogP contribution in [0.1, 0.15) is 44.7 Å². The number of nitrogens with one attached hydrogen (secondary N) is 1. The highest BCUT2D eigenvalue weighted by molar-refractivity contribution is 5.93. The van der Waals surface area contributed by atoms with Gasteiger partial charge in [0.2, 0.25) is 0 Å². The fraction of sp³-hybridized carbons (Fsp3) is 0.200. The van der Waals surface area contributed by atoms with Crippen molar-refractivity contribution in [2.75, 3.05) is 0 Å². The number of allylic oxidation sites excluding steroid dienone is 1. The zero-order valence-electron chi connectivity index (χ0n) is 15.7. The number of benzene rings is 2. The van der Waals surface area contributed by atoms with Crippen LogP contribution in [0, 0.1) is 0 Å². The summed E-state index contributed by atoms with van der Waals surface area (Å²) in [5.74, 6) is -0.108. The van der Waals surface area contributed by atoms with Crippen LogP contribution in [0.2, 0.25) is 0 Å². The summed E-state index contributed by atoms with van der Waals surface area (Å²) in [6.45, 7) is 0.513. The quantitative estimate of drug-likeness (QED) is 0.725. The van der Waals surface area contributed by atoms with Crippen LogP contribution in [-0.2, 0) is 25.8 Å². The van der Waals surface area contributed by atoms with E-state index >= 15 is 0 Å². The summed E-state index contributed by atoms with van der Waals surface area (Å²) in [6.07, 6.45) is 8.52. The Morgan fingerprint density at radius 2 is 1.89 bits per heavy atom. The molecule has 0 saturated heterocycles. The van der Waals surface area contributed by atoms with Crippen molar-refractivity contribution in [3.05, 3.63) is 94.2 Å². The lowest BCUT2D eigenvalue weighted by Crippen LogP contribution is -2.24. The molecule has 0 unspecified atom stereocenters. The number of nitrogens with zero attached hydrogens (tertiary/aromatic N) is 1. The van der Waals surface area contributed by atoms with Gasteiger partial charge < -0.3 is 5.32 Å². The Hall–Kier alpha value is -3.20. The first-order valence-electron chi connectivity index (χ1n) is 9.93. The lowest BCUT2D eigenvalue weighted by atomic mass is 10.0. The predicted octanol–water partition coefficient (Wildman–Crippen LogP) is 4.74. The molecule has 138 valence electrons. The minimum Gasteiger partial charge on any atom is -0.347 e. The van der Waals surface area contributed by atoms with Crippen molar-refractivity contribution in [3.8, 4) is 11.3 Å². The number of fused-ring (bicyclic) bond motifs is 2. The highest BCUT2D eigenvalue weighted by Gasteiger charge is 2.21. The van der Waals surface area contributed by atoms with E-state index in [4.69, 9.17) is 4.98 Å². The molecule has 3 heteroatoms. The summed E-state index contributed by atoms with van der Waals surface area (Å²) in [7, 11) is 0. The van der Waals surface area contributed by atoms with Crippen molar-refractivity contribution < 1.29 is 4.79 Å². The highest BCUT2D eigenvalue weighted by atomic mass is 16.1. The fourth-order valence-electron chi connectivity index (χ4n) is 4.21. The van der Waals surface area contributed by atoms with Crippen LogP contribution in [0.15, 0.2) is 60.7 Å². The first-order chi connectivity index (χ1) is 13.8. The molecule has 1 amide bonds. The van der Waals surface area contributed by atoms with Gasteiger partial charge in [0.15, 0.2) is 0 Å². The molecule has 0 radical (unpaired) electrons. The number of carbonyl (C=O) groups excluding carboxylic acids is 1. The van der Waals surface area contributed by atoms with Crippen LogP contribution >= 0.6 is 0 Å². The number of carbonyl (C=O) groups is 1. The van der Waals surface area contributed by atoms with E-state index in [-0.39, 0.29) is 5.91 Å². The van der Waals surface area contributed by atoms with E-state index < -0.39 is 0 Å². The first kappa shape index (κ1) is 16.9. The molecule has 1 aromatic heterocycles. The summed E-state index contributed by atoms with van der Waals surface area (Å²) in [6, 6.07) is 18.6. The number of amides is 1. The summed E-state index contributed by atoms with van der Waals surface area (Å²) in [4.78, 5) is 17.6. The van der Waals surface area contributed by atoms with Crippen LogP contribution in [0.4, 0.5) is 0 Å². The SMILES string of the molecule is O=C(NCc1ccc2c(c1)C=CC2)c1cc2c(c(-c3ccccc3)n1)CCC2. The Bertz CT molecular complexity index is 1080. The van der Waals surface area contributed by atoms with Gasteiger partial charge in [0, 0.05) is 12.1 Å². The van der Waals surface area contributed by atoms with Gasteiger partial charge in [-0.3, -0.25) is 4.79 Å². The van der Waals surface area contributed by atoms with Crippen molar-refractivity contribution in [2.45, 2.75) is 32.2 Å². The smallest absolute Gasteiger partial charge is 0.270 e. The standard InChI is InChI=1S/C25H22N2O/c28-25(26-16-17-12-13-18-8-4-9-20(18)14-17)23-15-21-10-5-11-22(21)24(27-23)19-6-2-1-3-7-19/h1-4,6-7,9,12-15H,5,8,10-11,16H2,(H,26,28). The van der Waals surface area contributed by atoms with Gasteiger partial charge in [-0.2, -0.15) is 0 Å². The molecule has 3 aromatic rings. The zero-order chi connectivity index (χ0) is 18.9. The second kappa shape index (κ2) is 7.08. The van der Waals surface area contributed by atoms with Crippen LogP contribution in [-0.4, -0.2) is 10.9 Å². The predicted molar refractivity (Wildman–Crippen MR) is 112 cm³/mol. The van der Waals surface area contributed by atoms with Crippen LogP contribution in [0.3, 0.4) is 0 Å². The van der Waals surface area contributed by atoms with Gasteiger partial charge in [-0.1, -0.05) is 54.6 Å². The van der Waals surface area contributed by atoms with Crippen molar-refractivity contribution in [2.24, 2.45) is 0 Å². The molecule has 0 atom stereocenters. The van der Waals surface area contributed by atoms with Crippen LogP contribution in [0.5, 0.6) is 0 Å². The number of aryl methyl sites for hydroxylation is 1. The summed E-state index contributed by atoms with van der Waals surface area (Å²) >= 11 is 0. The van der Waals surface area contributed by atoms with Gasteiger partial charge in [-0.05, 0) is 65.6 Å². The second-order valence-corrected chi connectivity index (χ2v) is 7.54. The molecule has 0 saturated carbocycles. The fourth-order valence-corrected chi connectivity index (χ4v) is 4.21. The molecule has 0 fully saturated rings. The Labute approximate surface area is 165 Å². The summed E-state index contributed by atoms with van der Waals surface area (Å²) in [5, 5.41) is 3.05. The molecule has 2 aromatic carbocycles. The average Bonchev–Trinajstić information content (AvgIpc) is 3.40. The summed E-state index contributed by atoms with van der Waals surface area (Å²) < 4.78 is 0. The number of aromatic nitrogens is 1. The van der Waals surface area contributed by atoms with Gasteiger partial charge in [-0.15, -0.1) is 0 Å². The number of hydrogen-bond acceptors (Lipinski definition) is 2. The average molecular weight is 366 g/mol. The molecule has 1 heterocycles. The molecule has 1 N–H and O–H groups in total.